The fraction of sp³-hybridized carbons (Fsp3) is 0.308. The van der Waals surface area contributed by atoms with Crippen molar-refractivity contribution in [3.63, 3.8) is 0 Å². The fourth-order valence-electron chi connectivity index (χ4n) is 1.49. The van der Waals surface area contributed by atoms with Crippen LogP contribution >= 0.6 is 0 Å². The molecule has 0 saturated heterocycles. The summed E-state index contributed by atoms with van der Waals surface area (Å²) < 4.78 is 0. The summed E-state index contributed by atoms with van der Waals surface area (Å²) in [7, 11) is 0. The van der Waals surface area contributed by atoms with Crippen molar-refractivity contribution >= 4 is 5.91 Å². The second-order valence-corrected chi connectivity index (χ2v) is 3.65. The van der Waals surface area contributed by atoms with E-state index in [1.165, 1.54) is 12.5 Å². The fourth-order valence-corrected chi connectivity index (χ4v) is 1.49. The van der Waals surface area contributed by atoms with Crippen molar-refractivity contribution in [2.75, 3.05) is 0 Å². The Labute approximate surface area is 90.7 Å². The highest BCUT2D eigenvalue weighted by atomic mass is 16.1. The molecule has 2 nitrogen and oxygen atoms in total. The summed E-state index contributed by atoms with van der Waals surface area (Å²) in [5.74, 6) is 2.57. The van der Waals surface area contributed by atoms with Gasteiger partial charge in [-0.3, -0.25) is 4.79 Å². The first-order valence-electron chi connectivity index (χ1n) is 4.94. The molecule has 0 aliphatic carbocycles. The molecular formula is C13H15NO. The lowest BCUT2D eigenvalue weighted by Crippen LogP contribution is -2.31. The summed E-state index contributed by atoms with van der Waals surface area (Å²) in [6.07, 6.45) is 6.08. The maximum absolute atomic E-state index is 10.8. The van der Waals surface area contributed by atoms with E-state index in [9.17, 15) is 4.79 Å². The third-order valence-corrected chi connectivity index (χ3v) is 2.11. The van der Waals surface area contributed by atoms with Crippen molar-refractivity contribution in [1.29, 1.82) is 0 Å². The van der Waals surface area contributed by atoms with E-state index in [0.717, 1.165) is 12.0 Å². The lowest BCUT2D eigenvalue weighted by Gasteiger charge is -2.12. The van der Waals surface area contributed by atoms with Gasteiger partial charge in [0.05, 0.1) is 0 Å². The van der Waals surface area contributed by atoms with Gasteiger partial charge in [-0.2, -0.15) is 0 Å². The maximum atomic E-state index is 10.8. The minimum Gasteiger partial charge on any atom is -0.354 e. The van der Waals surface area contributed by atoms with Gasteiger partial charge in [0.25, 0.3) is 0 Å². The average Bonchev–Trinajstić information content (AvgIpc) is 2.17. The zero-order valence-corrected chi connectivity index (χ0v) is 9.08. The Bertz CT molecular complexity index is 373. The van der Waals surface area contributed by atoms with Crippen LogP contribution < -0.4 is 5.32 Å². The van der Waals surface area contributed by atoms with E-state index in [2.05, 4.69) is 11.2 Å². The van der Waals surface area contributed by atoms with E-state index in [1.807, 2.05) is 31.2 Å². The van der Waals surface area contributed by atoms with Crippen LogP contribution in [0, 0.1) is 12.3 Å². The van der Waals surface area contributed by atoms with Crippen molar-refractivity contribution in [3.05, 3.63) is 35.4 Å². The maximum Gasteiger partial charge on any atom is 0.217 e. The molecule has 1 rings (SSSR count). The monoisotopic (exact) mass is 201 g/mol. The van der Waals surface area contributed by atoms with Gasteiger partial charge in [-0.05, 0) is 31.0 Å². The minimum absolute atomic E-state index is 0.00254. The smallest absolute Gasteiger partial charge is 0.217 e. The SMILES string of the molecule is C#Cc1ccc(CC(C)NC(C)=O)cc1. The van der Waals surface area contributed by atoms with Crippen LogP contribution in [0.5, 0.6) is 0 Å². The first kappa shape index (κ1) is 11.3. The molecule has 1 aromatic carbocycles. The summed E-state index contributed by atoms with van der Waals surface area (Å²) in [5, 5.41) is 2.84. The molecule has 0 aromatic heterocycles. The Balaban J connectivity index is 2.58. The zero-order valence-electron chi connectivity index (χ0n) is 9.08. The lowest BCUT2D eigenvalue weighted by molar-refractivity contribution is -0.119. The van der Waals surface area contributed by atoms with E-state index >= 15 is 0 Å². The Morgan fingerprint density at radius 2 is 2.07 bits per heavy atom. The van der Waals surface area contributed by atoms with Crippen LogP contribution in [0.3, 0.4) is 0 Å². The molecule has 0 fully saturated rings. The molecule has 0 saturated carbocycles. The van der Waals surface area contributed by atoms with Crippen molar-refractivity contribution in [3.8, 4) is 12.3 Å². The summed E-state index contributed by atoms with van der Waals surface area (Å²) in [4.78, 5) is 10.8. The number of hydrogen-bond acceptors (Lipinski definition) is 1. The Hall–Kier alpha value is -1.75. The minimum atomic E-state index is 0.00254. The second-order valence-electron chi connectivity index (χ2n) is 3.65. The van der Waals surface area contributed by atoms with E-state index in [4.69, 9.17) is 6.42 Å². The first-order chi connectivity index (χ1) is 7.11. The van der Waals surface area contributed by atoms with Gasteiger partial charge in [0.2, 0.25) is 5.91 Å². The lowest BCUT2D eigenvalue weighted by atomic mass is 10.1. The zero-order chi connectivity index (χ0) is 11.3. The van der Waals surface area contributed by atoms with Gasteiger partial charge in [-0.15, -0.1) is 6.42 Å². The van der Waals surface area contributed by atoms with Crippen LogP contribution in [-0.2, 0) is 11.2 Å². The largest absolute Gasteiger partial charge is 0.354 e. The van der Waals surface area contributed by atoms with Crippen molar-refractivity contribution in [1.82, 2.24) is 5.32 Å². The third kappa shape index (κ3) is 3.86. The predicted octanol–water partition coefficient (Wildman–Crippen LogP) is 1.74. The highest BCUT2D eigenvalue weighted by Gasteiger charge is 2.04. The van der Waals surface area contributed by atoms with Crippen molar-refractivity contribution in [2.45, 2.75) is 26.3 Å². The number of rotatable bonds is 3. The van der Waals surface area contributed by atoms with Crippen LogP contribution in [0.1, 0.15) is 25.0 Å². The molecule has 0 aliphatic heterocycles. The molecule has 0 spiro atoms. The first-order valence-corrected chi connectivity index (χ1v) is 4.94. The number of hydrogen-bond donors (Lipinski definition) is 1. The van der Waals surface area contributed by atoms with E-state index < -0.39 is 0 Å². The van der Waals surface area contributed by atoms with Gasteiger partial charge < -0.3 is 5.32 Å². The standard InChI is InChI=1S/C13H15NO/c1-4-12-5-7-13(8-6-12)9-10(2)14-11(3)15/h1,5-8,10H,9H2,2-3H3,(H,14,15). The molecule has 1 amide bonds. The third-order valence-electron chi connectivity index (χ3n) is 2.11. The van der Waals surface area contributed by atoms with Gasteiger partial charge in [0.15, 0.2) is 0 Å². The Kier molecular flexibility index (Phi) is 3.93. The van der Waals surface area contributed by atoms with Gasteiger partial charge in [0, 0.05) is 18.5 Å². The molecule has 0 heterocycles. The molecule has 0 bridgehead atoms. The van der Waals surface area contributed by atoms with Crippen LogP contribution in [0.4, 0.5) is 0 Å². The van der Waals surface area contributed by atoms with Gasteiger partial charge in [0.1, 0.15) is 0 Å². The molecule has 1 N–H and O–H groups in total. The van der Waals surface area contributed by atoms with Crippen LogP contribution in [0.2, 0.25) is 0 Å². The molecule has 0 radical (unpaired) electrons. The quantitative estimate of drug-likeness (QED) is 0.741. The Morgan fingerprint density at radius 1 is 1.47 bits per heavy atom. The molecule has 2 heteroatoms. The predicted molar refractivity (Wildman–Crippen MR) is 61.4 cm³/mol. The molecule has 1 unspecified atom stereocenters. The highest BCUT2D eigenvalue weighted by Crippen LogP contribution is 2.06. The number of nitrogens with one attached hydrogen (secondary N) is 1. The van der Waals surface area contributed by atoms with E-state index in [0.29, 0.717) is 0 Å². The van der Waals surface area contributed by atoms with Crippen molar-refractivity contribution < 1.29 is 4.79 Å². The summed E-state index contributed by atoms with van der Waals surface area (Å²) in [6, 6.07) is 7.96. The Morgan fingerprint density at radius 3 is 2.53 bits per heavy atom. The normalized spacial score (nSPS) is 11.5. The van der Waals surface area contributed by atoms with Crippen LogP contribution in [0.25, 0.3) is 0 Å². The topological polar surface area (TPSA) is 29.1 Å². The number of terminal acetylenes is 1. The molecule has 1 aromatic rings. The average molecular weight is 201 g/mol. The van der Waals surface area contributed by atoms with Gasteiger partial charge in [-0.25, -0.2) is 0 Å². The molecule has 1 atom stereocenters. The molecule has 0 aliphatic rings. The second kappa shape index (κ2) is 5.21. The van der Waals surface area contributed by atoms with E-state index in [1.54, 1.807) is 0 Å². The summed E-state index contributed by atoms with van der Waals surface area (Å²) in [6.45, 7) is 3.51. The number of amides is 1. The van der Waals surface area contributed by atoms with Crippen molar-refractivity contribution in [2.24, 2.45) is 0 Å². The van der Waals surface area contributed by atoms with Gasteiger partial charge in [-0.1, -0.05) is 18.1 Å². The number of benzene rings is 1. The molecule has 78 valence electrons. The number of carbonyl (C=O) groups excluding carboxylic acids is 1. The van der Waals surface area contributed by atoms with Crippen LogP contribution in [-0.4, -0.2) is 11.9 Å². The molecule has 15 heavy (non-hydrogen) atoms. The highest BCUT2D eigenvalue weighted by molar-refractivity contribution is 5.73. The van der Waals surface area contributed by atoms with E-state index in [-0.39, 0.29) is 11.9 Å². The van der Waals surface area contributed by atoms with Gasteiger partial charge >= 0.3 is 0 Å². The summed E-state index contributed by atoms with van der Waals surface area (Å²) in [5.41, 5.74) is 2.06. The molecular weight excluding hydrogens is 186 g/mol. The number of carbonyl (C=O) groups is 1. The summed E-state index contributed by atoms with van der Waals surface area (Å²) >= 11 is 0. The van der Waals surface area contributed by atoms with Crippen LogP contribution in [0.15, 0.2) is 24.3 Å².